The predicted octanol–water partition coefficient (Wildman–Crippen LogP) is 1.68. The summed E-state index contributed by atoms with van der Waals surface area (Å²) in [5.74, 6) is 0.131. The first-order chi connectivity index (χ1) is 12.5. The van der Waals surface area contributed by atoms with Crippen molar-refractivity contribution in [1.29, 1.82) is 0 Å². The lowest BCUT2D eigenvalue weighted by atomic mass is 10.3. The number of ether oxygens (including phenoxy) is 1. The van der Waals surface area contributed by atoms with E-state index in [9.17, 15) is 12.8 Å². The Morgan fingerprint density at radius 2 is 1.88 bits per heavy atom. The summed E-state index contributed by atoms with van der Waals surface area (Å²) in [5, 5.41) is 11.3. The summed E-state index contributed by atoms with van der Waals surface area (Å²) in [4.78, 5) is -0.430. The van der Waals surface area contributed by atoms with Gasteiger partial charge in [-0.25, -0.2) is 17.5 Å². The lowest BCUT2D eigenvalue weighted by Crippen LogP contribution is -2.25. The molecule has 0 spiro atoms. The van der Waals surface area contributed by atoms with Crippen LogP contribution in [0, 0.1) is 5.82 Å². The van der Waals surface area contributed by atoms with Crippen LogP contribution >= 0.6 is 0 Å². The fourth-order valence-corrected chi connectivity index (χ4v) is 3.32. The number of nitrogens with zero attached hydrogens (tertiary/aromatic N) is 4. The zero-order valence-corrected chi connectivity index (χ0v) is 14.6. The summed E-state index contributed by atoms with van der Waals surface area (Å²) in [6, 6.07) is 12.1. The largest absolute Gasteiger partial charge is 0.494 e. The Bertz CT molecular complexity index is 989. The van der Waals surface area contributed by atoms with Gasteiger partial charge in [-0.05, 0) is 53.7 Å². The molecule has 8 nitrogen and oxygen atoms in total. The van der Waals surface area contributed by atoms with Gasteiger partial charge < -0.3 is 4.74 Å². The fourth-order valence-electron chi connectivity index (χ4n) is 2.27. The van der Waals surface area contributed by atoms with Gasteiger partial charge in [-0.3, -0.25) is 0 Å². The highest BCUT2D eigenvalue weighted by Crippen LogP contribution is 2.16. The molecular formula is C16H16FN5O3S. The van der Waals surface area contributed by atoms with Gasteiger partial charge in [0, 0.05) is 0 Å². The number of hydrogen-bond donors (Lipinski definition) is 1. The number of nitrogens with one attached hydrogen (secondary N) is 1. The molecule has 1 N–H and O–H groups in total. The van der Waals surface area contributed by atoms with E-state index in [1.807, 2.05) is 6.92 Å². The molecule has 0 fully saturated rings. The summed E-state index contributed by atoms with van der Waals surface area (Å²) >= 11 is 0. The second-order valence-corrected chi connectivity index (χ2v) is 6.92. The maximum Gasteiger partial charge on any atom is 0.243 e. The number of tetrazole rings is 1. The van der Waals surface area contributed by atoms with Gasteiger partial charge in [-0.2, -0.15) is 4.68 Å². The van der Waals surface area contributed by atoms with Crippen LogP contribution in [0.1, 0.15) is 12.7 Å². The van der Waals surface area contributed by atoms with Gasteiger partial charge in [0.1, 0.15) is 16.5 Å². The Labute approximate surface area is 149 Å². The minimum absolute atomic E-state index is 0.198. The molecule has 0 aliphatic heterocycles. The predicted molar refractivity (Wildman–Crippen MR) is 90.7 cm³/mol. The molecule has 0 saturated heterocycles. The quantitative estimate of drug-likeness (QED) is 0.673. The Kier molecular flexibility index (Phi) is 5.24. The molecule has 3 rings (SSSR count). The molecule has 136 valence electrons. The van der Waals surface area contributed by atoms with Crippen molar-refractivity contribution in [3.63, 3.8) is 0 Å². The summed E-state index contributed by atoms with van der Waals surface area (Å²) in [5.41, 5.74) is 0.638. The molecule has 1 aromatic heterocycles. The molecule has 3 aromatic rings. The van der Waals surface area contributed by atoms with Crippen molar-refractivity contribution in [2.45, 2.75) is 18.4 Å². The molecule has 0 bridgehead atoms. The van der Waals surface area contributed by atoms with E-state index in [0.29, 0.717) is 18.0 Å². The van der Waals surface area contributed by atoms with E-state index in [4.69, 9.17) is 4.74 Å². The first-order valence-electron chi connectivity index (χ1n) is 7.76. The molecule has 0 aliphatic rings. The van der Waals surface area contributed by atoms with Crippen LogP contribution in [0.25, 0.3) is 5.69 Å². The Morgan fingerprint density at radius 3 is 2.58 bits per heavy atom. The fraction of sp³-hybridized carbons (Fsp3) is 0.188. The van der Waals surface area contributed by atoms with Crippen molar-refractivity contribution in [1.82, 2.24) is 24.9 Å². The molecule has 0 unspecified atom stereocenters. The second kappa shape index (κ2) is 7.58. The second-order valence-electron chi connectivity index (χ2n) is 5.19. The zero-order valence-electron chi connectivity index (χ0n) is 13.8. The number of benzene rings is 2. The summed E-state index contributed by atoms with van der Waals surface area (Å²) in [6.07, 6.45) is 0. The van der Waals surface area contributed by atoms with Crippen LogP contribution in [0.3, 0.4) is 0 Å². The van der Waals surface area contributed by atoms with E-state index >= 15 is 0 Å². The van der Waals surface area contributed by atoms with Crippen LogP contribution in [0.5, 0.6) is 5.75 Å². The van der Waals surface area contributed by atoms with Crippen LogP contribution < -0.4 is 9.46 Å². The van der Waals surface area contributed by atoms with Crippen LogP contribution in [0.2, 0.25) is 0 Å². The lowest BCUT2D eigenvalue weighted by Gasteiger charge is -2.09. The van der Waals surface area contributed by atoms with E-state index in [2.05, 4.69) is 20.2 Å². The molecule has 1 heterocycles. The van der Waals surface area contributed by atoms with Gasteiger partial charge >= 0.3 is 0 Å². The van der Waals surface area contributed by atoms with Gasteiger partial charge in [0.25, 0.3) is 0 Å². The van der Waals surface area contributed by atoms with Crippen LogP contribution in [0.4, 0.5) is 4.39 Å². The van der Waals surface area contributed by atoms with Crippen molar-refractivity contribution in [3.8, 4) is 11.4 Å². The molecule has 0 amide bonds. The Hall–Kier alpha value is -2.85. The number of halogens is 1. The van der Waals surface area contributed by atoms with Crippen molar-refractivity contribution in [2.75, 3.05) is 6.61 Å². The van der Waals surface area contributed by atoms with Crippen LogP contribution in [0.15, 0.2) is 53.4 Å². The first kappa shape index (κ1) is 18.0. The number of rotatable bonds is 7. The number of aromatic nitrogens is 4. The SMILES string of the molecule is CCOc1ccc(-n2nnnc2CNS(=O)(=O)c2ccccc2F)cc1. The molecular weight excluding hydrogens is 361 g/mol. The summed E-state index contributed by atoms with van der Waals surface area (Å²) < 4.78 is 47.3. The van der Waals surface area contributed by atoms with Gasteiger partial charge in [-0.15, -0.1) is 5.10 Å². The highest BCUT2D eigenvalue weighted by atomic mass is 32.2. The third kappa shape index (κ3) is 3.86. The Morgan fingerprint density at radius 1 is 1.15 bits per heavy atom. The van der Waals surface area contributed by atoms with Gasteiger partial charge in [0.2, 0.25) is 10.0 Å². The van der Waals surface area contributed by atoms with Gasteiger partial charge in [-0.1, -0.05) is 12.1 Å². The van der Waals surface area contributed by atoms with Crippen molar-refractivity contribution < 1.29 is 17.5 Å². The average Bonchev–Trinajstić information content (AvgIpc) is 3.10. The molecule has 2 aromatic carbocycles. The maximum atomic E-state index is 13.7. The number of sulfonamides is 1. The molecule has 0 saturated carbocycles. The highest BCUT2D eigenvalue weighted by molar-refractivity contribution is 7.89. The van der Waals surface area contributed by atoms with E-state index in [0.717, 1.165) is 6.07 Å². The van der Waals surface area contributed by atoms with Gasteiger partial charge in [0.15, 0.2) is 5.82 Å². The molecule has 26 heavy (non-hydrogen) atoms. The Balaban J connectivity index is 1.78. The third-order valence-corrected chi connectivity index (χ3v) is 4.91. The standard InChI is InChI=1S/C16H16FN5O3S/c1-2-25-13-9-7-12(8-10-13)22-16(19-20-21-22)11-18-26(23,24)15-6-4-3-5-14(15)17/h3-10,18H,2,11H2,1H3. The lowest BCUT2D eigenvalue weighted by molar-refractivity contribution is 0.340. The van der Waals surface area contributed by atoms with E-state index in [-0.39, 0.29) is 12.4 Å². The monoisotopic (exact) mass is 377 g/mol. The smallest absolute Gasteiger partial charge is 0.243 e. The van der Waals surface area contributed by atoms with Crippen molar-refractivity contribution in [3.05, 3.63) is 60.2 Å². The molecule has 0 aliphatic carbocycles. The maximum absolute atomic E-state index is 13.7. The minimum atomic E-state index is -4.03. The average molecular weight is 377 g/mol. The summed E-state index contributed by atoms with van der Waals surface area (Å²) in [7, 11) is -4.03. The topological polar surface area (TPSA) is 99.0 Å². The van der Waals surface area contributed by atoms with Crippen molar-refractivity contribution >= 4 is 10.0 Å². The molecule has 0 radical (unpaired) electrons. The van der Waals surface area contributed by atoms with Crippen molar-refractivity contribution in [2.24, 2.45) is 0 Å². The zero-order chi connectivity index (χ0) is 18.6. The van der Waals surface area contributed by atoms with Crippen LogP contribution in [-0.4, -0.2) is 35.2 Å². The van der Waals surface area contributed by atoms with E-state index in [1.54, 1.807) is 24.3 Å². The van der Waals surface area contributed by atoms with Gasteiger partial charge in [0.05, 0.1) is 18.8 Å². The van der Waals surface area contributed by atoms with Crippen LogP contribution in [-0.2, 0) is 16.6 Å². The summed E-state index contributed by atoms with van der Waals surface area (Å²) in [6.45, 7) is 2.24. The first-order valence-corrected chi connectivity index (χ1v) is 9.24. The van der Waals surface area contributed by atoms with E-state index < -0.39 is 20.7 Å². The van der Waals surface area contributed by atoms with E-state index in [1.165, 1.54) is 22.9 Å². The molecule has 10 heteroatoms. The number of hydrogen-bond acceptors (Lipinski definition) is 6. The highest BCUT2D eigenvalue weighted by Gasteiger charge is 2.19. The normalized spacial score (nSPS) is 11.5. The minimum Gasteiger partial charge on any atom is -0.494 e. The molecule has 0 atom stereocenters. The third-order valence-electron chi connectivity index (χ3n) is 3.47.